The fourth-order valence-electron chi connectivity index (χ4n) is 3.23. The zero-order valence-corrected chi connectivity index (χ0v) is 21.2. The summed E-state index contributed by atoms with van der Waals surface area (Å²) < 4.78 is 55.1. The van der Waals surface area contributed by atoms with Crippen molar-refractivity contribution in [1.29, 1.82) is 5.26 Å². The number of nitrogens with one attached hydrogen (secondary N) is 2. The van der Waals surface area contributed by atoms with E-state index in [1.54, 1.807) is 6.07 Å². The maximum absolute atomic E-state index is 13.5. The number of nitriles is 1. The van der Waals surface area contributed by atoms with Gasteiger partial charge in [-0.05, 0) is 54.4 Å². The number of carbonyl (C=O) groups excluding carboxylic acids is 3. The molecular weight excluding hydrogens is 560 g/mol. The minimum absolute atomic E-state index is 0.0618. The first-order chi connectivity index (χ1) is 16.1. The van der Waals surface area contributed by atoms with Crippen molar-refractivity contribution in [3.63, 3.8) is 0 Å². The molecule has 2 aromatic rings. The van der Waals surface area contributed by atoms with E-state index in [4.69, 9.17) is 16.9 Å². The molecule has 0 aliphatic carbocycles. The van der Waals surface area contributed by atoms with Gasteiger partial charge < -0.3 is 15.2 Å². The molecule has 2 amide bonds. The highest BCUT2D eigenvalue weighted by atomic mass is 79.9. The monoisotopic (exact) mass is 578 g/mol. The molecule has 2 N–H and O–H groups in total. The number of hydrogen-bond acceptors (Lipinski definition) is 4. The van der Waals surface area contributed by atoms with Gasteiger partial charge in [0, 0.05) is 18.8 Å². The molecule has 1 aromatic heterocycles. The lowest BCUT2D eigenvalue weighted by atomic mass is 9.79. The van der Waals surface area contributed by atoms with Crippen LogP contribution >= 0.6 is 27.5 Å². The molecule has 1 aromatic carbocycles. The molecule has 2 unspecified atom stereocenters. The van der Waals surface area contributed by atoms with Crippen LogP contribution < -0.4 is 10.6 Å². The third kappa shape index (κ3) is 5.36. The van der Waals surface area contributed by atoms with Gasteiger partial charge in [0.2, 0.25) is 0 Å². The van der Waals surface area contributed by atoms with E-state index >= 15 is 0 Å². The molecule has 1 heterocycles. The van der Waals surface area contributed by atoms with Crippen LogP contribution in [0.5, 0.6) is 0 Å². The van der Waals surface area contributed by atoms with Crippen molar-refractivity contribution < 1.29 is 31.9 Å². The summed E-state index contributed by atoms with van der Waals surface area (Å²) in [7, 11) is 1.35. The first kappa shape index (κ1) is 28.3. The number of nitrogens with zero attached hydrogens (tertiary/aromatic N) is 2. The molecule has 0 bridgehead atoms. The Morgan fingerprint density at radius 3 is 2.40 bits per heavy atom. The summed E-state index contributed by atoms with van der Waals surface area (Å²) in [6, 6.07) is 3.45. The van der Waals surface area contributed by atoms with Crippen LogP contribution in [0, 0.1) is 22.6 Å². The second-order valence-electron chi connectivity index (χ2n) is 7.94. The van der Waals surface area contributed by atoms with Gasteiger partial charge in [-0.3, -0.25) is 14.4 Å². The molecule has 2 atom stereocenters. The number of rotatable bonds is 7. The molecule has 0 spiro atoms. The highest BCUT2D eigenvalue weighted by Gasteiger charge is 2.53. The van der Waals surface area contributed by atoms with Crippen molar-refractivity contribution in [2.75, 3.05) is 5.32 Å². The number of aromatic nitrogens is 1. The number of benzene rings is 1. The van der Waals surface area contributed by atoms with Crippen molar-refractivity contribution in [2.45, 2.75) is 39.4 Å². The van der Waals surface area contributed by atoms with E-state index in [1.165, 1.54) is 20.0 Å². The van der Waals surface area contributed by atoms with Crippen molar-refractivity contribution in [3.05, 3.63) is 50.5 Å². The average Bonchev–Trinajstić information content (AvgIpc) is 3.00. The second-order valence-corrected chi connectivity index (χ2v) is 9.07. The zero-order valence-electron chi connectivity index (χ0n) is 18.9. The van der Waals surface area contributed by atoms with Gasteiger partial charge in [-0.1, -0.05) is 18.5 Å². The summed E-state index contributed by atoms with van der Waals surface area (Å²) in [5.41, 5.74) is -3.23. The molecule has 0 aliphatic rings. The Bertz CT molecular complexity index is 1240. The van der Waals surface area contributed by atoms with Gasteiger partial charge >= 0.3 is 6.18 Å². The predicted octanol–water partition coefficient (Wildman–Crippen LogP) is 5.37. The van der Waals surface area contributed by atoms with Gasteiger partial charge in [-0.25, -0.2) is 4.39 Å². The molecule has 35 heavy (non-hydrogen) atoms. The average molecular weight is 580 g/mol. The van der Waals surface area contributed by atoms with Crippen LogP contribution in [0.3, 0.4) is 0 Å². The van der Waals surface area contributed by atoms with Gasteiger partial charge in [0.05, 0.1) is 26.2 Å². The Labute approximate surface area is 211 Å². The number of Topliss-reactive ketones (excluding diaryl/α,β-unsaturated/α-hetero) is 1. The van der Waals surface area contributed by atoms with Crippen molar-refractivity contribution >= 4 is 50.8 Å². The number of alkyl halides is 3. The Hall–Kier alpha value is -2.91. The summed E-state index contributed by atoms with van der Waals surface area (Å²) in [6.45, 7) is 3.39. The van der Waals surface area contributed by atoms with Crippen LogP contribution in [0.1, 0.15) is 53.6 Å². The summed E-state index contributed by atoms with van der Waals surface area (Å²) in [5.74, 6) is -4.23. The zero-order chi connectivity index (χ0) is 26.9. The molecule has 13 heteroatoms. The van der Waals surface area contributed by atoms with Crippen molar-refractivity contribution in [2.24, 2.45) is 12.5 Å². The summed E-state index contributed by atoms with van der Waals surface area (Å²) >= 11 is 9.32. The third-order valence-corrected chi connectivity index (χ3v) is 7.24. The minimum atomic E-state index is -4.64. The fraction of sp³-hybridized carbons (Fsp3) is 0.364. The van der Waals surface area contributed by atoms with Crippen LogP contribution in [-0.2, 0) is 11.8 Å². The van der Waals surface area contributed by atoms with Crippen LogP contribution in [0.2, 0.25) is 5.02 Å². The number of hydrogen-bond donors (Lipinski definition) is 2. The van der Waals surface area contributed by atoms with Crippen LogP contribution in [-0.4, -0.2) is 34.4 Å². The predicted molar refractivity (Wildman–Crippen MR) is 124 cm³/mol. The lowest BCUT2D eigenvalue weighted by Gasteiger charge is -2.36. The molecule has 0 radical (unpaired) electrons. The normalized spacial score (nSPS) is 14.0. The third-order valence-electron chi connectivity index (χ3n) is 5.94. The standard InChI is InChI=1S/C22H20BrClF4N4O3/c1-5-21(3,22(26,27)28)10(2)30-20(35)17(33)14-15(24)16(32(4)18(14)23)19(34)31-12-6-7-13(25)11(8-12)9-29/h6-8,10H,5H2,1-4H3,(H,30,35)(H,31,34). The van der Waals surface area contributed by atoms with E-state index in [0.717, 1.165) is 30.5 Å². The van der Waals surface area contributed by atoms with Gasteiger partial charge in [-0.15, -0.1) is 0 Å². The summed E-state index contributed by atoms with van der Waals surface area (Å²) in [5, 5.41) is 13.0. The van der Waals surface area contributed by atoms with E-state index in [0.29, 0.717) is 0 Å². The second kappa shape index (κ2) is 10.4. The molecule has 0 aliphatic heterocycles. The van der Waals surface area contributed by atoms with Crippen LogP contribution in [0.4, 0.5) is 23.2 Å². The topological polar surface area (TPSA) is 104 Å². The molecule has 0 saturated heterocycles. The van der Waals surface area contributed by atoms with Gasteiger partial charge in [0.25, 0.3) is 17.6 Å². The van der Waals surface area contributed by atoms with Gasteiger partial charge in [0.1, 0.15) is 17.6 Å². The molecule has 0 fully saturated rings. The summed E-state index contributed by atoms with van der Waals surface area (Å²) in [6.07, 6.45) is -4.98. The maximum Gasteiger partial charge on any atom is 0.396 e. The molecule has 188 valence electrons. The Morgan fingerprint density at radius 2 is 1.89 bits per heavy atom. The first-order valence-corrected chi connectivity index (χ1v) is 11.2. The molecule has 2 rings (SSSR count). The van der Waals surface area contributed by atoms with Gasteiger partial charge in [0.15, 0.2) is 0 Å². The molecular formula is C22H20BrClF4N4O3. The van der Waals surface area contributed by atoms with E-state index in [2.05, 4.69) is 26.6 Å². The van der Waals surface area contributed by atoms with E-state index < -0.39 is 51.6 Å². The highest BCUT2D eigenvalue weighted by Crippen LogP contribution is 2.43. The van der Waals surface area contributed by atoms with Crippen LogP contribution in [0.25, 0.3) is 0 Å². The number of amides is 2. The van der Waals surface area contributed by atoms with Crippen molar-refractivity contribution in [3.8, 4) is 6.07 Å². The Kier molecular flexibility index (Phi) is 8.40. The fourth-order valence-corrected chi connectivity index (χ4v) is 4.29. The number of halogens is 6. The van der Waals surface area contributed by atoms with E-state index in [9.17, 15) is 31.9 Å². The largest absolute Gasteiger partial charge is 0.396 e. The molecule has 7 nitrogen and oxygen atoms in total. The highest BCUT2D eigenvalue weighted by molar-refractivity contribution is 9.10. The number of carbonyl (C=O) groups is 3. The smallest absolute Gasteiger partial charge is 0.346 e. The Morgan fingerprint density at radius 1 is 1.29 bits per heavy atom. The van der Waals surface area contributed by atoms with Crippen LogP contribution in [0.15, 0.2) is 22.8 Å². The number of ketones is 1. The SMILES string of the molecule is CCC(C)(C(C)NC(=O)C(=O)c1c(Cl)c(C(=O)Nc2ccc(F)c(C#N)c2)n(C)c1Br)C(F)(F)F. The quantitative estimate of drug-likeness (QED) is 0.261. The summed E-state index contributed by atoms with van der Waals surface area (Å²) in [4.78, 5) is 38.2. The minimum Gasteiger partial charge on any atom is -0.346 e. The number of anilines is 1. The lowest BCUT2D eigenvalue weighted by molar-refractivity contribution is -0.227. The van der Waals surface area contributed by atoms with E-state index in [-0.39, 0.29) is 28.0 Å². The maximum atomic E-state index is 13.5. The lowest BCUT2D eigenvalue weighted by Crippen LogP contribution is -2.53. The van der Waals surface area contributed by atoms with Gasteiger partial charge in [-0.2, -0.15) is 18.4 Å². The Balaban J connectivity index is 2.35. The molecule has 0 saturated carbocycles. The van der Waals surface area contributed by atoms with E-state index in [1.807, 2.05) is 0 Å². The first-order valence-electron chi connectivity index (χ1n) is 10.1. The van der Waals surface area contributed by atoms with Crippen molar-refractivity contribution in [1.82, 2.24) is 9.88 Å².